The van der Waals surface area contributed by atoms with Crippen molar-refractivity contribution in [1.29, 1.82) is 0 Å². The third kappa shape index (κ3) is 2.47. The van der Waals surface area contributed by atoms with Gasteiger partial charge in [-0.15, -0.1) is 0 Å². The van der Waals surface area contributed by atoms with E-state index in [1.165, 1.54) is 44.9 Å². The lowest BCUT2D eigenvalue weighted by Gasteiger charge is -2.55. The summed E-state index contributed by atoms with van der Waals surface area (Å²) in [5.74, 6) is 2.31. The van der Waals surface area contributed by atoms with Crippen molar-refractivity contribution in [3.8, 4) is 0 Å². The van der Waals surface area contributed by atoms with Crippen LogP contribution in [0.15, 0.2) is 0 Å². The minimum Gasteiger partial charge on any atom is -0.366 e. The molecule has 19 heavy (non-hydrogen) atoms. The highest BCUT2D eigenvalue weighted by molar-refractivity contribution is 5.04. The van der Waals surface area contributed by atoms with Crippen LogP contribution in [0.5, 0.6) is 0 Å². The molecule has 1 N–H and O–H groups in total. The standard InChI is InChI=1S/C17H31NO/c1-13(2)15-7-6-14(3)10-17(15)12-18-11-16(19-17)8-4-5-9-16/h13-15,18H,4-12H2,1-3H3. The van der Waals surface area contributed by atoms with E-state index < -0.39 is 0 Å². The second-order valence-corrected chi connectivity index (χ2v) is 7.90. The summed E-state index contributed by atoms with van der Waals surface area (Å²) < 4.78 is 6.95. The van der Waals surface area contributed by atoms with Gasteiger partial charge in [0, 0.05) is 13.1 Å². The molecular weight excluding hydrogens is 234 g/mol. The zero-order chi connectivity index (χ0) is 13.5. The fourth-order valence-electron chi connectivity index (χ4n) is 5.14. The Hall–Kier alpha value is -0.0800. The lowest BCUT2D eigenvalue weighted by molar-refractivity contribution is -0.223. The Morgan fingerprint density at radius 2 is 1.84 bits per heavy atom. The SMILES string of the molecule is CC1CCC(C(C)C)C2(CNCC3(CCCC3)O2)C1. The van der Waals surface area contributed by atoms with Gasteiger partial charge in [-0.25, -0.2) is 0 Å². The molecule has 2 nitrogen and oxygen atoms in total. The minimum atomic E-state index is 0.133. The quantitative estimate of drug-likeness (QED) is 0.779. The van der Waals surface area contributed by atoms with Gasteiger partial charge in [-0.2, -0.15) is 0 Å². The molecule has 3 aliphatic rings. The summed E-state index contributed by atoms with van der Waals surface area (Å²) in [7, 11) is 0. The van der Waals surface area contributed by atoms with Gasteiger partial charge in [0.1, 0.15) is 0 Å². The third-order valence-corrected chi connectivity index (χ3v) is 5.95. The van der Waals surface area contributed by atoms with Crippen molar-refractivity contribution < 1.29 is 4.74 Å². The molecule has 2 saturated carbocycles. The Morgan fingerprint density at radius 3 is 2.53 bits per heavy atom. The second kappa shape index (κ2) is 5.04. The van der Waals surface area contributed by atoms with Crippen LogP contribution in [0.3, 0.4) is 0 Å². The summed E-state index contributed by atoms with van der Waals surface area (Å²) in [4.78, 5) is 0. The van der Waals surface area contributed by atoms with Crippen molar-refractivity contribution in [2.45, 2.75) is 76.9 Å². The predicted octanol–water partition coefficient (Wildman–Crippen LogP) is 3.75. The molecule has 0 bridgehead atoms. The number of nitrogens with one attached hydrogen (secondary N) is 1. The molecule has 0 aromatic carbocycles. The van der Waals surface area contributed by atoms with Crippen LogP contribution in [0.25, 0.3) is 0 Å². The molecule has 3 fully saturated rings. The van der Waals surface area contributed by atoms with Gasteiger partial charge in [0.2, 0.25) is 0 Å². The normalized spacial score (nSPS) is 42.3. The maximum absolute atomic E-state index is 6.95. The van der Waals surface area contributed by atoms with Crippen molar-refractivity contribution >= 4 is 0 Å². The van der Waals surface area contributed by atoms with E-state index in [1.807, 2.05) is 0 Å². The number of rotatable bonds is 1. The van der Waals surface area contributed by atoms with Crippen LogP contribution in [0.4, 0.5) is 0 Å². The highest BCUT2D eigenvalue weighted by Crippen LogP contribution is 2.49. The van der Waals surface area contributed by atoms with Gasteiger partial charge in [-0.1, -0.05) is 40.0 Å². The average Bonchev–Trinajstić information content (AvgIpc) is 2.76. The van der Waals surface area contributed by atoms with Crippen molar-refractivity contribution in [2.24, 2.45) is 17.8 Å². The first-order valence-electron chi connectivity index (χ1n) is 8.46. The zero-order valence-corrected chi connectivity index (χ0v) is 13.0. The molecule has 0 radical (unpaired) electrons. The number of hydrogen-bond donors (Lipinski definition) is 1. The van der Waals surface area contributed by atoms with Crippen LogP contribution in [0.2, 0.25) is 0 Å². The van der Waals surface area contributed by atoms with Crippen LogP contribution in [0.1, 0.15) is 65.7 Å². The first kappa shape index (κ1) is 13.9. The fraction of sp³-hybridized carbons (Fsp3) is 1.00. The predicted molar refractivity (Wildman–Crippen MR) is 79.2 cm³/mol. The van der Waals surface area contributed by atoms with Gasteiger partial charge >= 0.3 is 0 Å². The summed E-state index contributed by atoms with van der Waals surface area (Å²) >= 11 is 0. The van der Waals surface area contributed by atoms with Gasteiger partial charge in [-0.3, -0.25) is 0 Å². The molecule has 0 amide bonds. The highest BCUT2D eigenvalue weighted by Gasteiger charge is 2.53. The lowest BCUT2D eigenvalue weighted by atomic mass is 9.66. The summed E-state index contributed by atoms with van der Waals surface area (Å²) in [5.41, 5.74) is 0.316. The topological polar surface area (TPSA) is 21.3 Å². The summed E-state index contributed by atoms with van der Waals surface area (Å²) in [6.07, 6.45) is 9.29. The summed E-state index contributed by atoms with van der Waals surface area (Å²) in [6, 6.07) is 0. The molecule has 0 aromatic rings. The van der Waals surface area contributed by atoms with Gasteiger partial charge < -0.3 is 10.1 Å². The Balaban J connectivity index is 1.85. The first-order chi connectivity index (χ1) is 9.05. The number of morpholine rings is 1. The molecule has 3 unspecified atom stereocenters. The lowest BCUT2D eigenvalue weighted by Crippen LogP contribution is -2.64. The van der Waals surface area contributed by atoms with Crippen molar-refractivity contribution in [3.05, 3.63) is 0 Å². The van der Waals surface area contributed by atoms with E-state index >= 15 is 0 Å². The molecule has 3 rings (SSSR count). The van der Waals surface area contributed by atoms with E-state index in [-0.39, 0.29) is 11.2 Å². The zero-order valence-electron chi connectivity index (χ0n) is 13.0. The van der Waals surface area contributed by atoms with Crippen LogP contribution in [-0.4, -0.2) is 24.3 Å². The molecule has 1 aliphatic heterocycles. The maximum Gasteiger partial charge on any atom is 0.0847 e. The molecule has 0 aromatic heterocycles. The fourth-order valence-corrected chi connectivity index (χ4v) is 5.14. The van der Waals surface area contributed by atoms with Crippen LogP contribution in [-0.2, 0) is 4.74 Å². The van der Waals surface area contributed by atoms with Crippen LogP contribution >= 0.6 is 0 Å². The Bertz CT molecular complexity index is 321. The van der Waals surface area contributed by atoms with E-state index in [1.54, 1.807) is 0 Å². The molecule has 1 heterocycles. The molecule has 2 spiro atoms. The van der Waals surface area contributed by atoms with E-state index in [2.05, 4.69) is 26.1 Å². The van der Waals surface area contributed by atoms with Crippen LogP contribution < -0.4 is 5.32 Å². The Morgan fingerprint density at radius 1 is 1.11 bits per heavy atom. The van der Waals surface area contributed by atoms with Crippen LogP contribution in [0, 0.1) is 17.8 Å². The molecular formula is C17H31NO. The Kier molecular flexibility index (Phi) is 3.68. The van der Waals surface area contributed by atoms with Crippen molar-refractivity contribution in [3.63, 3.8) is 0 Å². The average molecular weight is 265 g/mol. The monoisotopic (exact) mass is 265 g/mol. The van der Waals surface area contributed by atoms with Gasteiger partial charge in [0.05, 0.1) is 11.2 Å². The van der Waals surface area contributed by atoms with Crippen molar-refractivity contribution in [1.82, 2.24) is 5.32 Å². The highest BCUT2D eigenvalue weighted by atomic mass is 16.5. The van der Waals surface area contributed by atoms with Gasteiger partial charge in [0.25, 0.3) is 0 Å². The number of hydrogen-bond acceptors (Lipinski definition) is 2. The maximum atomic E-state index is 6.95. The number of ether oxygens (including phenoxy) is 1. The molecule has 2 aliphatic carbocycles. The van der Waals surface area contributed by atoms with E-state index in [9.17, 15) is 0 Å². The molecule has 2 heteroatoms. The smallest absolute Gasteiger partial charge is 0.0847 e. The minimum absolute atomic E-state index is 0.133. The van der Waals surface area contributed by atoms with E-state index in [0.717, 1.165) is 30.8 Å². The summed E-state index contributed by atoms with van der Waals surface area (Å²) in [6.45, 7) is 9.37. The molecule has 3 atom stereocenters. The van der Waals surface area contributed by atoms with E-state index in [4.69, 9.17) is 4.74 Å². The summed E-state index contributed by atoms with van der Waals surface area (Å²) in [5, 5.41) is 3.76. The first-order valence-corrected chi connectivity index (χ1v) is 8.46. The van der Waals surface area contributed by atoms with Crippen molar-refractivity contribution in [2.75, 3.05) is 13.1 Å². The molecule has 1 saturated heterocycles. The molecule has 110 valence electrons. The van der Waals surface area contributed by atoms with Gasteiger partial charge in [-0.05, 0) is 43.4 Å². The van der Waals surface area contributed by atoms with E-state index in [0.29, 0.717) is 0 Å². The second-order valence-electron chi connectivity index (χ2n) is 7.90. The largest absolute Gasteiger partial charge is 0.366 e. The van der Waals surface area contributed by atoms with Gasteiger partial charge in [0.15, 0.2) is 0 Å². The third-order valence-electron chi connectivity index (χ3n) is 5.95. The Labute approximate surface area is 118 Å².